The molecule has 0 unspecified atom stereocenters. The number of nitrogens with one attached hydrogen (secondary N) is 2. The van der Waals surface area contributed by atoms with Crippen LogP contribution in [0.15, 0.2) is 42.9 Å². The third-order valence-electron chi connectivity index (χ3n) is 5.38. The van der Waals surface area contributed by atoms with Gasteiger partial charge in [-0.2, -0.15) is 0 Å². The first-order valence-corrected chi connectivity index (χ1v) is 8.65. The lowest BCUT2D eigenvalue weighted by Gasteiger charge is -2.23. The van der Waals surface area contributed by atoms with Crippen molar-refractivity contribution in [2.24, 2.45) is 11.8 Å². The minimum absolute atomic E-state index is 0.0959. The minimum Gasteiger partial charge on any atom is -0.335 e. The predicted molar refractivity (Wildman–Crippen MR) is 91.3 cm³/mol. The fourth-order valence-electron chi connectivity index (χ4n) is 4.18. The summed E-state index contributed by atoms with van der Waals surface area (Å²) >= 11 is 0. The van der Waals surface area contributed by atoms with Crippen molar-refractivity contribution < 1.29 is 4.79 Å². The van der Waals surface area contributed by atoms with Gasteiger partial charge in [-0.25, -0.2) is 14.8 Å². The van der Waals surface area contributed by atoms with Crippen LogP contribution in [0.4, 0.5) is 4.79 Å². The lowest BCUT2D eigenvalue weighted by Crippen LogP contribution is -2.46. The van der Waals surface area contributed by atoms with E-state index in [1.165, 1.54) is 30.3 Å². The van der Waals surface area contributed by atoms with Gasteiger partial charge >= 0.3 is 6.03 Å². The number of hydrogen-bond donors (Lipinski definition) is 2. The Labute approximate surface area is 141 Å². The molecule has 2 atom stereocenters. The molecule has 1 saturated carbocycles. The molecule has 1 fully saturated rings. The summed E-state index contributed by atoms with van der Waals surface area (Å²) in [4.78, 5) is 20.3. The third kappa shape index (κ3) is 3.11. The van der Waals surface area contributed by atoms with E-state index >= 15 is 0 Å². The summed E-state index contributed by atoms with van der Waals surface area (Å²) in [7, 11) is 0. The van der Waals surface area contributed by atoms with E-state index in [4.69, 9.17) is 0 Å². The Balaban J connectivity index is 1.39. The van der Waals surface area contributed by atoms with Crippen LogP contribution in [0, 0.1) is 11.8 Å². The molecule has 5 nitrogen and oxygen atoms in total. The Bertz CT molecular complexity index is 685. The van der Waals surface area contributed by atoms with Gasteiger partial charge in [0.05, 0.1) is 12.2 Å². The van der Waals surface area contributed by atoms with Gasteiger partial charge in [-0.3, -0.25) is 0 Å². The molecule has 1 aromatic carbocycles. The van der Waals surface area contributed by atoms with E-state index in [0.29, 0.717) is 18.4 Å². The number of benzene rings is 1. The van der Waals surface area contributed by atoms with Crippen molar-refractivity contribution in [1.29, 1.82) is 0 Å². The molecule has 0 saturated heterocycles. The standard InChI is InChI=1S/C19H22N4O/c24-19(21-11-17-7-8-20-12-22-17)23-18-15-5-6-16(18)10-14-4-2-1-3-13(14)9-15/h1-4,7-8,12,15-16,18H,5-6,9-11H2,(H2,21,23,24)/t15-,16-/m0/s1. The Morgan fingerprint density at radius 3 is 2.42 bits per heavy atom. The Kier molecular flexibility index (Phi) is 4.15. The summed E-state index contributed by atoms with van der Waals surface area (Å²) in [5.74, 6) is 1.09. The van der Waals surface area contributed by atoms with Crippen molar-refractivity contribution in [1.82, 2.24) is 20.6 Å². The zero-order chi connectivity index (χ0) is 16.4. The van der Waals surface area contributed by atoms with Gasteiger partial charge in [0.1, 0.15) is 6.33 Å². The Hall–Kier alpha value is -2.43. The lowest BCUT2D eigenvalue weighted by atomic mass is 9.94. The van der Waals surface area contributed by atoms with Crippen LogP contribution in [-0.2, 0) is 19.4 Å². The van der Waals surface area contributed by atoms with E-state index in [0.717, 1.165) is 18.5 Å². The molecular formula is C19H22N4O. The summed E-state index contributed by atoms with van der Waals surface area (Å²) in [6.07, 6.45) is 7.74. The van der Waals surface area contributed by atoms with Crippen LogP contribution in [0.1, 0.15) is 29.7 Å². The maximum absolute atomic E-state index is 12.3. The summed E-state index contributed by atoms with van der Waals surface area (Å²) in [5.41, 5.74) is 3.73. The highest BCUT2D eigenvalue weighted by atomic mass is 16.2. The topological polar surface area (TPSA) is 66.9 Å². The highest BCUT2D eigenvalue weighted by Crippen LogP contribution is 2.39. The number of rotatable bonds is 3. The molecule has 2 aliphatic carbocycles. The van der Waals surface area contributed by atoms with E-state index in [9.17, 15) is 4.79 Å². The Morgan fingerprint density at radius 1 is 1.08 bits per heavy atom. The number of nitrogens with zero attached hydrogens (tertiary/aromatic N) is 2. The zero-order valence-electron chi connectivity index (χ0n) is 13.6. The van der Waals surface area contributed by atoms with Crippen LogP contribution in [0.25, 0.3) is 0 Å². The fraction of sp³-hybridized carbons (Fsp3) is 0.421. The van der Waals surface area contributed by atoms with Crippen molar-refractivity contribution in [2.75, 3.05) is 0 Å². The van der Waals surface area contributed by atoms with Crippen LogP contribution in [0.2, 0.25) is 0 Å². The van der Waals surface area contributed by atoms with E-state index in [2.05, 4.69) is 44.9 Å². The summed E-state index contributed by atoms with van der Waals surface area (Å²) in [5, 5.41) is 6.15. The van der Waals surface area contributed by atoms with E-state index in [1.807, 2.05) is 6.07 Å². The zero-order valence-corrected chi connectivity index (χ0v) is 13.6. The predicted octanol–water partition coefficient (Wildman–Crippen LogP) is 2.47. The number of hydrogen-bond acceptors (Lipinski definition) is 3. The monoisotopic (exact) mass is 322 g/mol. The molecule has 1 aromatic heterocycles. The number of carbonyl (C=O) groups excluding carboxylic acids is 1. The average Bonchev–Trinajstić information content (AvgIpc) is 2.88. The SMILES string of the molecule is O=C(NCc1ccncn1)NC1[C@H]2CC[C@H]1Cc1ccccc1C2. The highest BCUT2D eigenvalue weighted by Gasteiger charge is 2.39. The van der Waals surface area contributed by atoms with Gasteiger partial charge in [0, 0.05) is 12.2 Å². The number of fused-ring (bicyclic) bond motifs is 3. The second-order valence-electron chi connectivity index (χ2n) is 6.83. The van der Waals surface area contributed by atoms with Gasteiger partial charge in [-0.15, -0.1) is 0 Å². The normalized spacial score (nSPS) is 24.8. The second kappa shape index (κ2) is 6.59. The largest absolute Gasteiger partial charge is 0.335 e. The molecule has 1 heterocycles. The minimum atomic E-state index is -0.0959. The van der Waals surface area contributed by atoms with Crippen molar-refractivity contribution >= 4 is 6.03 Å². The molecule has 2 bridgehead atoms. The summed E-state index contributed by atoms with van der Waals surface area (Å²) in [6, 6.07) is 10.7. The third-order valence-corrected chi connectivity index (χ3v) is 5.38. The smallest absolute Gasteiger partial charge is 0.315 e. The number of amides is 2. The first-order valence-electron chi connectivity index (χ1n) is 8.65. The van der Waals surface area contributed by atoms with Crippen molar-refractivity contribution in [3.8, 4) is 0 Å². The first kappa shape index (κ1) is 15.1. The van der Waals surface area contributed by atoms with Gasteiger partial charge in [-0.05, 0) is 54.7 Å². The maximum Gasteiger partial charge on any atom is 0.315 e. The molecule has 124 valence electrons. The average molecular weight is 322 g/mol. The van der Waals surface area contributed by atoms with Gasteiger partial charge in [0.15, 0.2) is 0 Å². The number of urea groups is 1. The number of aromatic nitrogens is 2. The maximum atomic E-state index is 12.3. The van der Waals surface area contributed by atoms with Crippen molar-refractivity contribution in [3.63, 3.8) is 0 Å². The van der Waals surface area contributed by atoms with Crippen LogP contribution >= 0.6 is 0 Å². The quantitative estimate of drug-likeness (QED) is 0.912. The van der Waals surface area contributed by atoms with E-state index in [-0.39, 0.29) is 12.1 Å². The van der Waals surface area contributed by atoms with Gasteiger partial charge in [0.2, 0.25) is 0 Å². The lowest BCUT2D eigenvalue weighted by molar-refractivity contribution is 0.228. The highest BCUT2D eigenvalue weighted by molar-refractivity contribution is 5.74. The van der Waals surface area contributed by atoms with Gasteiger partial charge in [-0.1, -0.05) is 24.3 Å². The van der Waals surface area contributed by atoms with Crippen molar-refractivity contribution in [2.45, 2.75) is 38.3 Å². The molecule has 0 spiro atoms. The van der Waals surface area contributed by atoms with E-state index < -0.39 is 0 Å². The van der Waals surface area contributed by atoms with Gasteiger partial charge in [0.25, 0.3) is 0 Å². The molecule has 0 aliphatic heterocycles. The van der Waals surface area contributed by atoms with Crippen molar-refractivity contribution in [3.05, 3.63) is 59.7 Å². The molecule has 2 aliphatic rings. The fourth-order valence-corrected chi connectivity index (χ4v) is 4.18. The van der Waals surface area contributed by atoms with Crippen LogP contribution < -0.4 is 10.6 Å². The Morgan fingerprint density at radius 2 is 1.79 bits per heavy atom. The van der Waals surface area contributed by atoms with Crippen LogP contribution in [0.5, 0.6) is 0 Å². The molecule has 2 aromatic rings. The first-order chi connectivity index (χ1) is 11.8. The molecule has 2 amide bonds. The van der Waals surface area contributed by atoms with Crippen LogP contribution in [0.3, 0.4) is 0 Å². The molecule has 0 radical (unpaired) electrons. The second-order valence-corrected chi connectivity index (χ2v) is 6.83. The van der Waals surface area contributed by atoms with Gasteiger partial charge < -0.3 is 10.6 Å². The van der Waals surface area contributed by atoms with E-state index in [1.54, 1.807) is 6.20 Å². The molecule has 24 heavy (non-hydrogen) atoms. The molecular weight excluding hydrogens is 300 g/mol. The molecule has 2 N–H and O–H groups in total. The molecule has 5 heteroatoms. The summed E-state index contributed by atoms with van der Waals surface area (Å²) in [6.45, 7) is 0.427. The number of carbonyl (C=O) groups is 1. The summed E-state index contributed by atoms with van der Waals surface area (Å²) < 4.78 is 0. The molecule has 4 rings (SSSR count). The van der Waals surface area contributed by atoms with Crippen LogP contribution in [-0.4, -0.2) is 22.0 Å².